The molecule has 0 atom stereocenters. The van der Waals surface area contributed by atoms with Gasteiger partial charge in [0.05, 0.1) is 0 Å². The van der Waals surface area contributed by atoms with Gasteiger partial charge in [0.1, 0.15) is 17.5 Å². The number of nitrogens with one attached hydrogen (secondary N) is 2. The van der Waals surface area contributed by atoms with E-state index in [1.54, 1.807) is 0 Å². The van der Waals surface area contributed by atoms with E-state index in [0.717, 1.165) is 31.0 Å². The molecule has 4 nitrogen and oxygen atoms in total. The number of hydrogen-bond donors (Lipinski definition) is 2. The molecule has 0 aliphatic heterocycles. The van der Waals surface area contributed by atoms with Gasteiger partial charge in [-0.25, -0.2) is 13.8 Å². The normalized spacial score (nSPS) is 14.5. The fraction of sp³-hybridized carbons (Fsp3) is 0.333. The van der Waals surface area contributed by atoms with E-state index in [-0.39, 0.29) is 29.9 Å². The van der Waals surface area contributed by atoms with Gasteiger partial charge in [0.2, 0.25) is 5.95 Å². The third-order valence-corrected chi connectivity index (χ3v) is 3.32. The molecule has 9 heteroatoms. The largest absolute Gasteiger partial charge is 0.433 e. The minimum Gasteiger partial charge on any atom is -0.366 e. The summed E-state index contributed by atoms with van der Waals surface area (Å²) < 4.78 is 65.0. The number of halogens is 5. The van der Waals surface area contributed by atoms with E-state index in [1.807, 2.05) is 0 Å². The van der Waals surface area contributed by atoms with E-state index in [4.69, 9.17) is 0 Å². The number of nitrogens with zero attached hydrogens (tertiary/aromatic N) is 2. The lowest BCUT2D eigenvalue weighted by atomic mass is 10.2. The average Bonchev–Trinajstić information content (AvgIpc) is 3.27. The molecule has 128 valence electrons. The first-order chi connectivity index (χ1) is 11.3. The van der Waals surface area contributed by atoms with Crippen molar-refractivity contribution in [2.75, 3.05) is 10.6 Å². The summed E-state index contributed by atoms with van der Waals surface area (Å²) in [7, 11) is 0. The number of alkyl halides is 3. The Labute approximate surface area is 134 Å². The van der Waals surface area contributed by atoms with Gasteiger partial charge in [-0.3, -0.25) is 0 Å². The molecule has 24 heavy (non-hydrogen) atoms. The lowest BCUT2D eigenvalue weighted by Crippen LogP contribution is -2.15. The summed E-state index contributed by atoms with van der Waals surface area (Å²) in [5.74, 6) is -1.73. The minimum atomic E-state index is -4.62. The fourth-order valence-electron chi connectivity index (χ4n) is 2.06. The van der Waals surface area contributed by atoms with Crippen LogP contribution in [0.4, 0.5) is 33.7 Å². The molecule has 0 unspecified atom stereocenters. The van der Waals surface area contributed by atoms with Gasteiger partial charge in [-0.2, -0.15) is 18.2 Å². The zero-order chi connectivity index (χ0) is 17.3. The highest BCUT2D eigenvalue weighted by molar-refractivity contribution is 5.44. The number of benzene rings is 1. The Morgan fingerprint density at radius 1 is 1.00 bits per heavy atom. The zero-order valence-electron chi connectivity index (χ0n) is 12.3. The maximum Gasteiger partial charge on any atom is 0.433 e. The van der Waals surface area contributed by atoms with Crippen LogP contribution in [0.2, 0.25) is 0 Å². The molecule has 1 fully saturated rings. The molecule has 2 aromatic rings. The van der Waals surface area contributed by atoms with Gasteiger partial charge < -0.3 is 10.6 Å². The van der Waals surface area contributed by atoms with Crippen LogP contribution in [0.25, 0.3) is 0 Å². The van der Waals surface area contributed by atoms with Crippen LogP contribution in [0.3, 0.4) is 0 Å². The van der Waals surface area contributed by atoms with Gasteiger partial charge in [-0.05, 0) is 30.5 Å². The van der Waals surface area contributed by atoms with Crippen molar-refractivity contribution in [3.63, 3.8) is 0 Å². The van der Waals surface area contributed by atoms with Gasteiger partial charge >= 0.3 is 6.18 Å². The predicted molar refractivity (Wildman–Crippen MR) is 77.4 cm³/mol. The van der Waals surface area contributed by atoms with Crippen molar-refractivity contribution in [3.8, 4) is 0 Å². The highest BCUT2D eigenvalue weighted by Crippen LogP contribution is 2.31. The highest BCUT2D eigenvalue weighted by Gasteiger charge is 2.34. The Hall–Kier alpha value is -2.45. The molecule has 0 bridgehead atoms. The summed E-state index contributed by atoms with van der Waals surface area (Å²) in [6, 6.07) is 3.73. The maximum absolute atomic E-state index is 13.1. The van der Waals surface area contributed by atoms with E-state index in [1.165, 1.54) is 0 Å². The van der Waals surface area contributed by atoms with Crippen LogP contribution in [0.1, 0.15) is 24.1 Å². The monoisotopic (exact) mass is 344 g/mol. The van der Waals surface area contributed by atoms with Crippen LogP contribution in [-0.4, -0.2) is 16.0 Å². The second kappa shape index (κ2) is 6.21. The van der Waals surface area contributed by atoms with Crippen LogP contribution in [0, 0.1) is 11.6 Å². The second-order valence-corrected chi connectivity index (χ2v) is 5.51. The number of anilines is 2. The van der Waals surface area contributed by atoms with Gasteiger partial charge in [0.15, 0.2) is 5.69 Å². The van der Waals surface area contributed by atoms with Crippen LogP contribution in [-0.2, 0) is 12.7 Å². The number of hydrogen-bond acceptors (Lipinski definition) is 4. The lowest BCUT2D eigenvalue weighted by molar-refractivity contribution is -0.141. The molecule has 0 saturated heterocycles. The molecule has 3 rings (SSSR count). The molecule has 1 heterocycles. The summed E-state index contributed by atoms with van der Waals surface area (Å²) in [6.07, 6.45) is -2.92. The van der Waals surface area contributed by atoms with Crippen molar-refractivity contribution in [2.45, 2.75) is 31.6 Å². The maximum atomic E-state index is 13.1. The second-order valence-electron chi connectivity index (χ2n) is 5.51. The molecule has 1 aromatic heterocycles. The highest BCUT2D eigenvalue weighted by atomic mass is 19.4. The fourth-order valence-corrected chi connectivity index (χ4v) is 2.06. The summed E-state index contributed by atoms with van der Waals surface area (Å²) in [4.78, 5) is 7.43. The molecule has 1 saturated carbocycles. The number of rotatable bonds is 5. The molecular formula is C15H13F5N4. The molecule has 2 N–H and O–H groups in total. The molecule has 1 aliphatic carbocycles. The third-order valence-electron chi connectivity index (χ3n) is 3.32. The Kier molecular flexibility index (Phi) is 4.25. The zero-order valence-corrected chi connectivity index (χ0v) is 12.3. The quantitative estimate of drug-likeness (QED) is 0.806. The summed E-state index contributed by atoms with van der Waals surface area (Å²) in [5.41, 5.74) is -0.843. The third kappa shape index (κ3) is 4.30. The van der Waals surface area contributed by atoms with Crippen molar-refractivity contribution in [2.24, 2.45) is 0 Å². The first-order valence-electron chi connectivity index (χ1n) is 7.21. The van der Waals surface area contributed by atoms with Crippen LogP contribution >= 0.6 is 0 Å². The van der Waals surface area contributed by atoms with Crippen LogP contribution < -0.4 is 10.6 Å². The van der Waals surface area contributed by atoms with E-state index in [0.29, 0.717) is 6.07 Å². The van der Waals surface area contributed by atoms with Gasteiger partial charge in [-0.15, -0.1) is 0 Å². The van der Waals surface area contributed by atoms with Crippen molar-refractivity contribution in [3.05, 3.63) is 47.2 Å². The smallest absolute Gasteiger partial charge is 0.366 e. The van der Waals surface area contributed by atoms with Crippen molar-refractivity contribution >= 4 is 11.8 Å². The van der Waals surface area contributed by atoms with E-state index < -0.39 is 23.5 Å². The molecule has 1 aromatic carbocycles. The molecule has 0 amide bonds. The van der Waals surface area contributed by atoms with E-state index in [2.05, 4.69) is 20.6 Å². The molecule has 1 aliphatic rings. The molecular weight excluding hydrogens is 331 g/mol. The van der Waals surface area contributed by atoms with Crippen LogP contribution in [0.5, 0.6) is 0 Å². The van der Waals surface area contributed by atoms with E-state index >= 15 is 0 Å². The summed E-state index contributed by atoms with van der Waals surface area (Å²) >= 11 is 0. The Morgan fingerprint density at radius 2 is 1.67 bits per heavy atom. The summed E-state index contributed by atoms with van der Waals surface area (Å²) in [5, 5.41) is 5.44. The first-order valence-corrected chi connectivity index (χ1v) is 7.21. The number of aromatic nitrogens is 2. The van der Waals surface area contributed by atoms with Gasteiger partial charge in [0, 0.05) is 24.7 Å². The summed E-state index contributed by atoms with van der Waals surface area (Å²) in [6.45, 7) is -0.0775. The lowest BCUT2D eigenvalue weighted by Gasteiger charge is -2.12. The first kappa shape index (κ1) is 16.4. The topological polar surface area (TPSA) is 49.8 Å². The SMILES string of the molecule is Fc1cc(F)cc(CNc2cc(C(F)(F)F)nc(NC3CC3)n2)c1. The standard InChI is InChI=1S/C15H13F5N4/c16-9-3-8(4-10(17)5-9)7-21-13-6-12(15(18,19)20)23-14(24-13)22-11-1-2-11/h3-6,11H,1-2,7H2,(H2,21,22,23,24). The Balaban J connectivity index is 1.80. The van der Waals surface area contributed by atoms with Crippen molar-refractivity contribution in [1.29, 1.82) is 0 Å². The van der Waals surface area contributed by atoms with Crippen molar-refractivity contribution in [1.82, 2.24) is 9.97 Å². The van der Waals surface area contributed by atoms with Gasteiger partial charge in [0.25, 0.3) is 0 Å². The predicted octanol–water partition coefficient (Wildman–Crippen LogP) is 3.96. The van der Waals surface area contributed by atoms with Crippen LogP contribution in [0.15, 0.2) is 24.3 Å². The van der Waals surface area contributed by atoms with Crippen molar-refractivity contribution < 1.29 is 22.0 Å². The van der Waals surface area contributed by atoms with E-state index in [9.17, 15) is 22.0 Å². The minimum absolute atomic E-state index is 0.0775. The molecule has 0 spiro atoms. The Morgan fingerprint density at radius 3 is 2.25 bits per heavy atom. The Bertz CT molecular complexity index is 723. The molecule has 0 radical (unpaired) electrons. The average molecular weight is 344 g/mol. The van der Waals surface area contributed by atoms with Gasteiger partial charge in [-0.1, -0.05) is 0 Å².